The van der Waals surface area contributed by atoms with Crippen LogP contribution < -0.4 is 4.89 Å². The maximum atomic E-state index is 12.0. The van der Waals surface area contributed by atoms with Gasteiger partial charge in [0.2, 0.25) is 0 Å². The number of rotatable bonds is 8. The maximum absolute atomic E-state index is 12.0. The highest BCUT2D eigenvalue weighted by Crippen LogP contribution is 2.40. The van der Waals surface area contributed by atoms with E-state index < -0.39 is 18.4 Å². The van der Waals surface area contributed by atoms with Crippen LogP contribution in [0.1, 0.15) is 84.4 Å². The van der Waals surface area contributed by atoms with Gasteiger partial charge in [-0.1, -0.05) is 54.9 Å². The lowest BCUT2D eigenvalue weighted by Gasteiger charge is -2.28. The summed E-state index contributed by atoms with van der Waals surface area (Å²) < 4.78 is 10.2. The summed E-state index contributed by atoms with van der Waals surface area (Å²) in [6.07, 6.45) is 1.28. The smallest absolute Gasteiger partial charge is 0.317 e. The van der Waals surface area contributed by atoms with Gasteiger partial charge in [-0.2, -0.15) is 0 Å². The molecule has 0 radical (unpaired) electrons. The predicted octanol–water partition coefficient (Wildman–Crippen LogP) is 4.91. The lowest BCUT2D eigenvalue weighted by Crippen LogP contribution is -2.20. The van der Waals surface area contributed by atoms with E-state index in [1.54, 1.807) is 0 Å². The Kier molecular flexibility index (Phi) is 8.48. The zero-order valence-corrected chi connectivity index (χ0v) is 18.2. The van der Waals surface area contributed by atoms with E-state index in [0.29, 0.717) is 12.4 Å². The summed E-state index contributed by atoms with van der Waals surface area (Å²) in [6.45, 7) is 14.4. The monoisotopic (exact) mass is 394 g/mol. The van der Waals surface area contributed by atoms with Gasteiger partial charge in [-0.25, -0.2) is 5.26 Å². The van der Waals surface area contributed by atoms with Crippen molar-refractivity contribution in [1.82, 2.24) is 0 Å². The molecule has 6 heteroatoms. The molecule has 1 aromatic rings. The first-order valence-electron chi connectivity index (χ1n) is 9.70. The molecular formula is C22H34O6. The van der Waals surface area contributed by atoms with Crippen LogP contribution in [-0.2, 0) is 36.5 Å². The van der Waals surface area contributed by atoms with Crippen molar-refractivity contribution in [2.24, 2.45) is 0 Å². The molecule has 0 aromatic heterocycles. The van der Waals surface area contributed by atoms with Gasteiger partial charge in [0.05, 0.1) is 6.61 Å². The fraction of sp³-hybridized carbons (Fsp3) is 0.636. The van der Waals surface area contributed by atoms with Crippen molar-refractivity contribution in [2.75, 3.05) is 6.61 Å². The Balaban J connectivity index is 2.97. The first-order valence-corrected chi connectivity index (χ1v) is 9.70. The summed E-state index contributed by atoms with van der Waals surface area (Å²) >= 11 is 0. The van der Waals surface area contributed by atoms with E-state index in [1.807, 2.05) is 60.6 Å². The molecule has 0 atom stereocenters. The number of esters is 2. The summed E-state index contributed by atoms with van der Waals surface area (Å²) in [5.74, 6) is -0.776. The highest BCUT2D eigenvalue weighted by molar-refractivity contribution is 5.91. The first-order chi connectivity index (χ1) is 12.9. The van der Waals surface area contributed by atoms with Crippen LogP contribution in [0.3, 0.4) is 0 Å². The molecule has 0 aliphatic carbocycles. The van der Waals surface area contributed by atoms with E-state index in [4.69, 9.17) is 14.4 Å². The largest absolute Gasteiger partial charge is 0.465 e. The third-order valence-electron chi connectivity index (χ3n) is 4.31. The van der Waals surface area contributed by atoms with Crippen molar-refractivity contribution >= 4 is 11.9 Å². The molecule has 0 saturated carbocycles. The molecule has 0 fully saturated rings. The summed E-state index contributed by atoms with van der Waals surface area (Å²) in [6, 6.07) is 3.71. The molecule has 0 aliphatic heterocycles. The molecule has 28 heavy (non-hydrogen) atoms. The standard InChI is InChI=1S/C22H34O6/c1-8-9-10-26-18(23)13-19(24)27-14-15-11-16(21(2,3)4)20(28-25)17(12-15)22(5,6)7/h11-12,25H,8-10,13-14H2,1-7H3. The molecule has 0 aliphatic rings. The minimum absolute atomic E-state index is 0.0267. The summed E-state index contributed by atoms with van der Waals surface area (Å²) in [5.41, 5.74) is 1.81. The van der Waals surface area contributed by atoms with Crippen LogP contribution in [-0.4, -0.2) is 23.8 Å². The summed E-state index contributed by atoms with van der Waals surface area (Å²) in [7, 11) is 0. The quantitative estimate of drug-likeness (QED) is 0.222. The zero-order valence-electron chi connectivity index (χ0n) is 18.2. The molecule has 1 aromatic carbocycles. The second kappa shape index (κ2) is 9.92. The molecule has 0 unspecified atom stereocenters. The number of unbranched alkanes of at least 4 members (excludes halogenated alkanes) is 1. The number of benzene rings is 1. The Labute approximate surface area is 168 Å². The molecule has 0 amide bonds. The highest BCUT2D eigenvalue weighted by Gasteiger charge is 2.28. The minimum Gasteiger partial charge on any atom is -0.465 e. The summed E-state index contributed by atoms with van der Waals surface area (Å²) in [4.78, 5) is 28.3. The SMILES string of the molecule is CCCCOC(=O)CC(=O)OCc1cc(C(C)(C)C)c(OO)c(C(C)(C)C)c1. The van der Waals surface area contributed by atoms with Gasteiger partial charge in [-0.05, 0) is 34.9 Å². The molecule has 0 bridgehead atoms. The highest BCUT2D eigenvalue weighted by atomic mass is 17.1. The Bertz CT molecular complexity index is 644. The maximum Gasteiger partial charge on any atom is 0.317 e. The number of hydrogen-bond acceptors (Lipinski definition) is 6. The predicted molar refractivity (Wildman–Crippen MR) is 107 cm³/mol. The van der Waals surface area contributed by atoms with Gasteiger partial charge >= 0.3 is 11.9 Å². The van der Waals surface area contributed by atoms with Gasteiger partial charge in [0.25, 0.3) is 0 Å². The zero-order chi connectivity index (χ0) is 21.5. The molecule has 1 rings (SSSR count). The Morgan fingerprint density at radius 2 is 1.43 bits per heavy atom. The molecule has 0 spiro atoms. The van der Waals surface area contributed by atoms with Gasteiger partial charge in [0.15, 0.2) is 5.75 Å². The topological polar surface area (TPSA) is 82.1 Å². The normalized spacial score (nSPS) is 11.9. The van der Waals surface area contributed by atoms with E-state index in [9.17, 15) is 14.8 Å². The second-order valence-corrected chi connectivity index (χ2v) is 9.02. The average molecular weight is 395 g/mol. The lowest BCUT2D eigenvalue weighted by atomic mass is 9.78. The molecule has 158 valence electrons. The molecule has 0 saturated heterocycles. The van der Waals surface area contributed by atoms with Gasteiger partial charge in [0, 0.05) is 11.1 Å². The van der Waals surface area contributed by atoms with Crippen LogP contribution in [0.2, 0.25) is 0 Å². The molecule has 6 nitrogen and oxygen atoms in total. The van der Waals surface area contributed by atoms with E-state index >= 15 is 0 Å². The minimum atomic E-state index is -0.626. The van der Waals surface area contributed by atoms with Crippen molar-refractivity contribution in [3.05, 3.63) is 28.8 Å². The molecular weight excluding hydrogens is 360 g/mol. The number of hydrogen-bond donors (Lipinski definition) is 1. The van der Waals surface area contributed by atoms with Gasteiger partial charge < -0.3 is 14.4 Å². The lowest BCUT2D eigenvalue weighted by molar-refractivity contribution is -0.155. The van der Waals surface area contributed by atoms with Crippen molar-refractivity contribution < 1.29 is 29.2 Å². The van der Waals surface area contributed by atoms with Crippen molar-refractivity contribution in [3.8, 4) is 5.75 Å². The van der Waals surface area contributed by atoms with Gasteiger partial charge in [-0.15, -0.1) is 0 Å². The third-order valence-corrected chi connectivity index (χ3v) is 4.31. The van der Waals surface area contributed by atoms with Crippen LogP contribution in [0, 0.1) is 0 Å². The first kappa shape index (κ1) is 24.0. The fourth-order valence-corrected chi connectivity index (χ4v) is 2.70. The Morgan fingerprint density at radius 1 is 0.929 bits per heavy atom. The third kappa shape index (κ3) is 7.15. The van der Waals surface area contributed by atoms with Crippen LogP contribution in [0.4, 0.5) is 0 Å². The van der Waals surface area contributed by atoms with E-state index in [2.05, 4.69) is 0 Å². The van der Waals surface area contributed by atoms with Crippen molar-refractivity contribution in [3.63, 3.8) is 0 Å². The van der Waals surface area contributed by atoms with E-state index in [-0.39, 0.29) is 17.4 Å². The average Bonchev–Trinajstić information content (AvgIpc) is 2.57. The van der Waals surface area contributed by atoms with Crippen LogP contribution in [0.25, 0.3) is 0 Å². The number of carbonyl (C=O) groups is 2. The summed E-state index contributed by atoms with van der Waals surface area (Å²) in [5, 5.41) is 9.49. The number of ether oxygens (including phenoxy) is 2. The Hall–Kier alpha value is -2.08. The van der Waals surface area contributed by atoms with Crippen LogP contribution >= 0.6 is 0 Å². The van der Waals surface area contributed by atoms with Crippen LogP contribution in [0.15, 0.2) is 12.1 Å². The Morgan fingerprint density at radius 3 is 1.86 bits per heavy atom. The fourth-order valence-electron chi connectivity index (χ4n) is 2.70. The molecule has 1 N–H and O–H groups in total. The van der Waals surface area contributed by atoms with Crippen molar-refractivity contribution in [1.29, 1.82) is 0 Å². The van der Waals surface area contributed by atoms with Gasteiger partial charge in [-0.3, -0.25) is 9.59 Å². The number of carbonyl (C=O) groups excluding carboxylic acids is 2. The van der Waals surface area contributed by atoms with E-state index in [1.165, 1.54) is 0 Å². The van der Waals surface area contributed by atoms with Gasteiger partial charge in [0.1, 0.15) is 13.0 Å². The second-order valence-electron chi connectivity index (χ2n) is 9.02. The molecule has 0 heterocycles. The van der Waals surface area contributed by atoms with Crippen LogP contribution in [0.5, 0.6) is 5.75 Å². The van der Waals surface area contributed by atoms with Crippen molar-refractivity contribution in [2.45, 2.75) is 85.2 Å². The van der Waals surface area contributed by atoms with E-state index in [0.717, 1.165) is 29.5 Å².